The molecular weight excluding hydrogens is 276 g/mol. The highest BCUT2D eigenvalue weighted by Gasteiger charge is 2.20. The van der Waals surface area contributed by atoms with E-state index in [2.05, 4.69) is 0 Å². The molecule has 4 atom stereocenters. The molecule has 1 fully saturated rings. The molecule has 20 heavy (non-hydrogen) atoms. The van der Waals surface area contributed by atoms with Gasteiger partial charge in [-0.2, -0.15) is 0 Å². The molecular formula is C14H28N2O3S. The van der Waals surface area contributed by atoms with Gasteiger partial charge < -0.3 is 26.8 Å². The fourth-order valence-electron chi connectivity index (χ4n) is 2.51. The number of nitrogens with two attached hydrogens (primary N) is 2. The van der Waals surface area contributed by atoms with Crippen molar-refractivity contribution < 1.29 is 15.3 Å². The molecule has 1 aliphatic rings. The van der Waals surface area contributed by atoms with Crippen LogP contribution in [0.5, 0.6) is 0 Å². The lowest BCUT2D eigenvalue weighted by molar-refractivity contribution is 0.0819. The van der Waals surface area contributed by atoms with Gasteiger partial charge in [0.25, 0.3) is 0 Å². The van der Waals surface area contributed by atoms with Gasteiger partial charge >= 0.3 is 0 Å². The topological polar surface area (TPSA) is 113 Å². The van der Waals surface area contributed by atoms with Gasteiger partial charge in [-0.25, -0.2) is 0 Å². The third-order valence-corrected chi connectivity index (χ3v) is 4.62. The molecule has 1 saturated carbocycles. The van der Waals surface area contributed by atoms with Gasteiger partial charge in [0.1, 0.15) is 0 Å². The van der Waals surface area contributed by atoms with Crippen LogP contribution in [0.4, 0.5) is 0 Å². The van der Waals surface area contributed by atoms with E-state index < -0.39 is 18.3 Å². The minimum atomic E-state index is -0.470. The molecule has 0 saturated heterocycles. The first-order valence-corrected chi connectivity index (χ1v) is 7.90. The van der Waals surface area contributed by atoms with E-state index in [-0.39, 0.29) is 12.1 Å². The summed E-state index contributed by atoms with van der Waals surface area (Å²) in [5.41, 5.74) is 12.0. The Morgan fingerprint density at radius 3 is 1.20 bits per heavy atom. The predicted molar refractivity (Wildman–Crippen MR) is 83.5 cm³/mol. The molecule has 0 bridgehead atoms. The molecule has 6 heteroatoms. The van der Waals surface area contributed by atoms with Crippen LogP contribution in [0.1, 0.15) is 51.4 Å². The van der Waals surface area contributed by atoms with Gasteiger partial charge in [0.15, 0.2) is 0 Å². The van der Waals surface area contributed by atoms with E-state index in [9.17, 15) is 15.3 Å². The molecule has 0 aliphatic heterocycles. The van der Waals surface area contributed by atoms with E-state index in [1.807, 2.05) is 0 Å². The Morgan fingerprint density at radius 2 is 0.900 bits per heavy atom. The van der Waals surface area contributed by atoms with Crippen molar-refractivity contribution >= 4 is 17.1 Å². The van der Waals surface area contributed by atoms with Crippen molar-refractivity contribution in [3.05, 3.63) is 0 Å². The Kier molecular flexibility index (Phi) is 8.09. The summed E-state index contributed by atoms with van der Waals surface area (Å²) in [6.45, 7) is 0. The van der Waals surface area contributed by atoms with Crippen molar-refractivity contribution in [2.75, 3.05) is 0 Å². The number of hydrogen-bond acceptors (Lipinski definition) is 6. The number of rotatable bonds is 0. The van der Waals surface area contributed by atoms with Gasteiger partial charge in [-0.1, -0.05) is 12.2 Å². The van der Waals surface area contributed by atoms with Crippen LogP contribution in [0, 0.1) is 0 Å². The minimum Gasteiger partial charge on any atom is -0.393 e. The largest absolute Gasteiger partial charge is 0.393 e. The second-order valence-electron chi connectivity index (χ2n) is 5.89. The summed E-state index contributed by atoms with van der Waals surface area (Å²) in [4.78, 5) is 0.626. The predicted octanol–water partition coefficient (Wildman–Crippen LogP) is 0.228. The fourth-order valence-corrected chi connectivity index (χ4v) is 2.74. The van der Waals surface area contributed by atoms with E-state index in [0.29, 0.717) is 56.2 Å². The summed E-state index contributed by atoms with van der Waals surface area (Å²) in [5.74, 6) is 0. The van der Waals surface area contributed by atoms with E-state index in [1.165, 1.54) is 0 Å². The molecule has 5 nitrogen and oxygen atoms in total. The SMILES string of the molecule is NC1CCC(O)CCC(O)CCC(O)CCC(N)C1=S. The molecule has 0 aromatic heterocycles. The van der Waals surface area contributed by atoms with Crippen LogP contribution in [0.3, 0.4) is 0 Å². The molecule has 7 N–H and O–H groups in total. The van der Waals surface area contributed by atoms with Gasteiger partial charge in [-0.15, -0.1) is 0 Å². The highest BCUT2D eigenvalue weighted by molar-refractivity contribution is 7.80. The molecule has 4 unspecified atom stereocenters. The van der Waals surface area contributed by atoms with Crippen molar-refractivity contribution in [2.45, 2.75) is 81.8 Å². The lowest BCUT2D eigenvalue weighted by Gasteiger charge is -2.23. The van der Waals surface area contributed by atoms with Crippen LogP contribution >= 0.6 is 12.2 Å². The van der Waals surface area contributed by atoms with Crippen molar-refractivity contribution in [1.29, 1.82) is 0 Å². The van der Waals surface area contributed by atoms with E-state index in [4.69, 9.17) is 23.7 Å². The fraction of sp³-hybridized carbons (Fsp3) is 0.929. The molecule has 118 valence electrons. The third-order valence-electron chi connectivity index (χ3n) is 4.02. The Hall–Kier alpha value is -0.110. The van der Waals surface area contributed by atoms with Crippen molar-refractivity contribution in [2.24, 2.45) is 11.5 Å². The number of aliphatic hydroxyl groups excluding tert-OH is 3. The van der Waals surface area contributed by atoms with Crippen LogP contribution in [0.2, 0.25) is 0 Å². The lowest BCUT2D eigenvalue weighted by atomic mass is 9.93. The second kappa shape index (κ2) is 9.02. The van der Waals surface area contributed by atoms with Gasteiger partial charge in [-0.3, -0.25) is 0 Å². The summed E-state index contributed by atoms with van der Waals surface area (Å²) in [7, 11) is 0. The van der Waals surface area contributed by atoms with Crippen LogP contribution in [-0.2, 0) is 0 Å². The average Bonchev–Trinajstić information content (AvgIpc) is 2.44. The summed E-state index contributed by atoms with van der Waals surface area (Å²) in [6.07, 6.45) is 3.13. The molecule has 0 spiro atoms. The third kappa shape index (κ3) is 6.56. The van der Waals surface area contributed by atoms with Gasteiger partial charge in [0.05, 0.1) is 18.3 Å². The molecule has 0 aromatic carbocycles. The summed E-state index contributed by atoms with van der Waals surface area (Å²) < 4.78 is 0. The molecule has 0 heterocycles. The molecule has 0 aromatic rings. The average molecular weight is 304 g/mol. The molecule has 0 radical (unpaired) electrons. The zero-order valence-electron chi connectivity index (χ0n) is 11.9. The van der Waals surface area contributed by atoms with Crippen LogP contribution < -0.4 is 11.5 Å². The maximum Gasteiger partial charge on any atom is 0.0542 e. The highest BCUT2D eigenvalue weighted by atomic mass is 32.1. The van der Waals surface area contributed by atoms with Gasteiger partial charge in [0, 0.05) is 16.9 Å². The maximum atomic E-state index is 9.87. The minimum absolute atomic E-state index is 0.292. The standard InChI is InChI=1S/C14H28N2O3S/c15-12-7-5-10(18)3-1-9(17)2-4-11(19)6-8-13(16)14(12)20/h9-13,17-19H,1-8,15-16H2. The molecule has 0 amide bonds. The Bertz CT molecular complexity index is 278. The normalized spacial score (nSPS) is 39.2. The summed E-state index contributed by atoms with van der Waals surface area (Å²) in [5, 5.41) is 29.5. The monoisotopic (exact) mass is 304 g/mol. The quantitative estimate of drug-likeness (QED) is 0.409. The summed E-state index contributed by atoms with van der Waals surface area (Å²) in [6, 6.07) is -0.584. The maximum absolute atomic E-state index is 9.87. The highest BCUT2D eigenvalue weighted by Crippen LogP contribution is 2.16. The second-order valence-corrected chi connectivity index (χ2v) is 6.36. The zero-order valence-corrected chi connectivity index (χ0v) is 12.8. The van der Waals surface area contributed by atoms with Crippen molar-refractivity contribution in [3.8, 4) is 0 Å². The first kappa shape index (κ1) is 17.9. The van der Waals surface area contributed by atoms with E-state index in [1.54, 1.807) is 0 Å². The van der Waals surface area contributed by atoms with Crippen molar-refractivity contribution in [3.63, 3.8) is 0 Å². The van der Waals surface area contributed by atoms with Crippen LogP contribution in [0.15, 0.2) is 0 Å². The lowest BCUT2D eigenvalue weighted by Crippen LogP contribution is -2.42. The first-order valence-electron chi connectivity index (χ1n) is 7.49. The van der Waals surface area contributed by atoms with E-state index in [0.717, 1.165) is 0 Å². The Balaban J connectivity index is 2.59. The molecule has 1 rings (SSSR count). The van der Waals surface area contributed by atoms with Crippen LogP contribution in [-0.4, -0.2) is 50.6 Å². The van der Waals surface area contributed by atoms with E-state index >= 15 is 0 Å². The Labute approximate surface area is 126 Å². The Morgan fingerprint density at radius 1 is 0.650 bits per heavy atom. The number of thiocarbonyl (C=S) groups is 1. The first-order chi connectivity index (χ1) is 9.40. The summed E-state index contributed by atoms with van der Waals surface area (Å²) >= 11 is 5.28. The van der Waals surface area contributed by atoms with Crippen molar-refractivity contribution in [1.82, 2.24) is 0 Å². The van der Waals surface area contributed by atoms with Gasteiger partial charge in [-0.05, 0) is 51.4 Å². The molecule has 1 aliphatic carbocycles. The van der Waals surface area contributed by atoms with Crippen LogP contribution in [0.25, 0.3) is 0 Å². The zero-order chi connectivity index (χ0) is 15.1. The van der Waals surface area contributed by atoms with Gasteiger partial charge in [0.2, 0.25) is 0 Å². The number of hydrogen-bond donors (Lipinski definition) is 5. The number of aliphatic hydroxyl groups is 3. The smallest absolute Gasteiger partial charge is 0.0542 e.